The lowest BCUT2D eigenvalue weighted by atomic mass is 10.2. The van der Waals surface area contributed by atoms with Gasteiger partial charge in [-0.3, -0.25) is 0 Å². The minimum atomic E-state index is -4.71. The van der Waals surface area contributed by atoms with E-state index in [-0.39, 0.29) is 12.8 Å². The molecule has 0 saturated carbocycles. The number of alkyl halides is 3. The summed E-state index contributed by atoms with van der Waals surface area (Å²) in [6.45, 7) is 1.56. The fourth-order valence-electron chi connectivity index (χ4n) is 1.16. The maximum absolute atomic E-state index is 12.6. The summed E-state index contributed by atoms with van der Waals surface area (Å²) < 4.78 is 64.5. The molecule has 0 amide bonds. The zero-order valence-corrected chi connectivity index (χ0v) is 11.5. The highest BCUT2D eigenvalue weighted by atomic mass is 35.7. The molecule has 10 heteroatoms. The Bertz CT molecular complexity index is 591. The van der Waals surface area contributed by atoms with Gasteiger partial charge in [0.05, 0.1) is 17.1 Å². The van der Waals surface area contributed by atoms with Crippen LogP contribution in [0.5, 0.6) is 5.75 Å². The summed E-state index contributed by atoms with van der Waals surface area (Å²) in [6.07, 6.45) is -4.46. The molecule has 0 heterocycles. The monoisotopic (exact) mass is 332 g/mol. The molecule has 0 aliphatic carbocycles. The van der Waals surface area contributed by atoms with Crippen molar-refractivity contribution in [2.45, 2.75) is 18.0 Å². The highest BCUT2D eigenvalue weighted by molar-refractivity contribution is 8.13. The molecule has 0 aliphatic heterocycles. The molecule has 0 atom stereocenters. The van der Waals surface area contributed by atoms with E-state index in [1.807, 2.05) is 0 Å². The maximum Gasteiger partial charge on any atom is 0.420 e. The molecule has 0 bridgehead atoms. The third kappa shape index (κ3) is 5.60. The van der Waals surface area contributed by atoms with Crippen LogP contribution >= 0.6 is 10.7 Å². The van der Waals surface area contributed by atoms with Gasteiger partial charge in [-0.15, -0.1) is 0 Å². The molecule has 0 fully saturated rings. The van der Waals surface area contributed by atoms with E-state index in [1.165, 1.54) is 6.92 Å². The SMILES string of the molecule is CCOc1ccc(S(=O)(=O)Cl)cc1C(F)(F)F.O=C=O. The zero-order chi connectivity index (χ0) is 16.0. The van der Waals surface area contributed by atoms with Gasteiger partial charge in [0.15, 0.2) is 0 Å². The summed E-state index contributed by atoms with van der Waals surface area (Å²) in [5, 5.41) is 0. The Morgan fingerprint density at radius 2 is 1.80 bits per heavy atom. The van der Waals surface area contributed by atoms with Crippen molar-refractivity contribution in [2.24, 2.45) is 0 Å². The highest BCUT2D eigenvalue weighted by Crippen LogP contribution is 2.38. The van der Waals surface area contributed by atoms with Crippen LogP contribution in [0.4, 0.5) is 13.2 Å². The quantitative estimate of drug-likeness (QED) is 0.794. The van der Waals surface area contributed by atoms with Crippen molar-refractivity contribution in [3.8, 4) is 5.75 Å². The van der Waals surface area contributed by atoms with Gasteiger partial charge < -0.3 is 4.74 Å². The third-order valence-electron chi connectivity index (χ3n) is 1.84. The number of ether oxygens (including phenoxy) is 1. The summed E-state index contributed by atoms with van der Waals surface area (Å²) in [4.78, 5) is 15.6. The van der Waals surface area contributed by atoms with Crippen LogP contribution in [0.2, 0.25) is 0 Å². The Morgan fingerprint density at radius 1 is 1.30 bits per heavy atom. The second-order valence-corrected chi connectivity index (χ2v) is 5.68. The Hall–Kier alpha value is -1.57. The number of rotatable bonds is 3. The topological polar surface area (TPSA) is 77.5 Å². The molecule has 0 unspecified atom stereocenters. The van der Waals surface area contributed by atoms with Crippen LogP contribution in [-0.2, 0) is 24.8 Å². The van der Waals surface area contributed by atoms with Crippen molar-refractivity contribution in [1.82, 2.24) is 0 Å². The summed E-state index contributed by atoms with van der Waals surface area (Å²) >= 11 is 0. The third-order valence-corrected chi connectivity index (χ3v) is 3.19. The first-order valence-corrected chi connectivity index (χ1v) is 7.16. The van der Waals surface area contributed by atoms with Crippen molar-refractivity contribution < 1.29 is 35.9 Å². The maximum atomic E-state index is 12.6. The van der Waals surface area contributed by atoms with Gasteiger partial charge in [0.2, 0.25) is 0 Å². The van der Waals surface area contributed by atoms with Gasteiger partial charge >= 0.3 is 12.3 Å². The van der Waals surface area contributed by atoms with Crippen molar-refractivity contribution >= 4 is 25.9 Å². The number of carbonyl (C=O) groups excluding carboxylic acids is 2. The van der Waals surface area contributed by atoms with E-state index in [2.05, 4.69) is 0 Å². The van der Waals surface area contributed by atoms with Crippen molar-refractivity contribution in [2.75, 3.05) is 6.61 Å². The lowest BCUT2D eigenvalue weighted by Gasteiger charge is -2.13. The van der Waals surface area contributed by atoms with E-state index < -0.39 is 31.4 Å². The molecule has 0 spiro atoms. The molecule has 1 rings (SSSR count). The van der Waals surface area contributed by atoms with E-state index >= 15 is 0 Å². The van der Waals surface area contributed by atoms with Gasteiger partial charge in [-0.1, -0.05) is 0 Å². The van der Waals surface area contributed by atoms with Gasteiger partial charge in [0.1, 0.15) is 5.75 Å². The van der Waals surface area contributed by atoms with Gasteiger partial charge in [0, 0.05) is 10.7 Å². The second-order valence-electron chi connectivity index (χ2n) is 3.11. The van der Waals surface area contributed by atoms with Crippen LogP contribution in [0.15, 0.2) is 23.1 Å². The van der Waals surface area contributed by atoms with E-state index in [0.717, 1.165) is 12.1 Å². The predicted molar refractivity (Wildman–Crippen MR) is 60.7 cm³/mol. The molecule has 20 heavy (non-hydrogen) atoms. The van der Waals surface area contributed by atoms with Crippen LogP contribution in [0.1, 0.15) is 12.5 Å². The van der Waals surface area contributed by atoms with E-state index in [9.17, 15) is 21.6 Å². The smallest absolute Gasteiger partial charge is 0.420 e. The first-order valence-electron chi connectivity index (χ1n) is 4.85. The molecule has 1 aromatic carbocycles. The second kappa shape index (κ2) is 7.28. The van der Waals surface area contributed by atoms with Crippen LogP contribution < -0.4 is 4.74 Å². The lowest BCUT2D eigenvalue weighted by molar-refractivity contribution is -0.191. The molecule has 0 saturated heterocycles. The predicted octanol–water partition coefficient (Wildman–Crippen LogP) is 2.45. The van der Waals surface area contributed by atoms with Crippen LogP contribution in [-0.4, -0.2) is 21.2 Å². The number of halogens is 4. The normalized spacial score (nSPS) is 11.1. The fourth-order valence-corrected chi connectivity index (χ4v) is 1.94. The Kier molecular flexibility index (Phi) is 6.70. The average Bonchev–Trinajstić information content (AvgIpc) is 2.28. The molecule has 0 aliphatic rings. The minimum Gasteiger partial charge on any atom is -0.493 e. The van der Waals surface area contributed by atoms with E-state index in [0.29, 0.717) is 6.07 Å². The molecule has 0 aromatic heterocycles. The molecule has 5 nitrogen and oxygen atoms in total. The molecule has 0 radical (unpaired) electrons. The molecule has 0 N–H and O–H groups in total. The van der Waals surface area contributed by atoms with Crippen molar-refractivity contribution in [1.29, 1.82) is 0 Å². The van der Waals surface area contributed by atoms with Gasteiger partial charge in [-0.25, -0.2) is 8.42 Å². The van der Waals surface area contributed by atoms with Crippen molar-refractivity contribution in [3.05, 3.63) is 23.8 Å². The minimum absolute atomic E-state index is 0.0377. The van der Waals surface area contributed by atoms with E-state index in [1.54, 1.807) is 0 Å². The largest absolute Gasteiger partial charge is 0.493 e. The summed E-state index contributed by atoms with van der Waals surface area (Å²) in [5.74, 6) is -0.427. The average molecular weight is 333 g/mol. The van der Waals surface area contributed by atoms with Gasteiger partial charge in [0.25, 0.3) is 9.05 Å². The fraction of sp³-hybridized carbons (Fsp3) is 0.300. The summed E-state index contributed by atoms with van der Waals surface area (Å²) in [5.41, 5.74) is -1.17. The molecular weight excluding hydrogens is 325 g/mol. The van der Waals surface area contributed by atoms with Crippen LogP contribution in [0.25, 0.3) is 0 Å². The number of benzene rings is 1. The molecule has 112 valence electrons. The summed E-state index contributed by atoms with van der Waals surface area (Å²) in [7, 11) is 0.773. The Labute approximate surface area is 116 Å². The van der Waals surface area contributed by atoms with Gasteiger partial charge in [-0.2, -0.15) is 22.8 Å². The van der Waals surface area contributed by atoms with E-state index in [4.69, 9.17) is 25.0 Å². The molecule has 1 aromatic rings. The number of hydrogen-bond acceptors (Lipinski definition) is 5. The highest BCUT2D eigenvalue weighted by Gasteiger charge is 2.35. The standard InChI is InChI=1S/C9H8ClF3O3S.CO2/c1-2-16-8-4-3-6(17(10,14)15)5-7(8)9(11,12)13;2-1-3/h3-5H,2H2,1H3;. The van der Waals surface area contributed by atoms with Gasteiger partial charge in [-0.05, 0) is 25.1 Å². The first-order chi connectivity index (χ1) is 9.07. The Balaban J connectivity index is 0.00000110. The molecular formula is C10H8ClF3O5S. The lowest BCUT2D eigenvalue weighted by Crippen LogP contribution is -2.09. The van der Waals surface area contributed by atoms with Crippen LogP contribution in [0.3, 0.4) is 0 Å². The number of hydrogen-bond donors (Lipinski definition) is 0. The zero-order valence-electron chi connectivity index (χ0n) is 9.90. The van der Waals surface area contributed by atoms with Crippen molar-refractivity contribution in [3.63, 3.8) is 0 Å². The Morgan fingerprint density at radius 3 is 2.15 bits per heavy atom. The van der Waals surface area contributed by atoms with Crippen LogP contribution in [0, 0.1) is 0 Å². The summed E-state index contributed by atoms with van der Waals surface area (Å²) in [6, 6.07) is 2.34. The first kappa shape index (κ1) is 18.4.